The van der Waals surface area contributed by atoms with Crippen molar-refractivity contribution < 1.29 is 14.3 Å². The molecule has 0 aromatic heterocycles. The third-order valence-corrected chi connectivity index (χ3v) is 8.10. The van der Waals surface area contributed by atoms with Gasteiger partial charge in [-0.05, 0) is 61.1 Å². The van der Waals surface area contributed by atoms with E-state index in [0.29, 0.717) is 36.6 Å². The molecule has 2 aromatic rings. The number of benzene rings is 2. The molecule has 2 atom stereocenters. The predicted octanol–water partition coefficient (Wildman–Crippen LogP) is 5.19. The van der Waals surface area contributed by atoms with Crippen molar-refractivity contribution in [2.45, 2.75) is 56.9 Å². The summed E-state index contributed by atoms with van der Waals surface area (Å²) in [6.45, 7) is 3.99. The van der Waals surface area contributed by atoms with Gasteiger partial charge in [-0.3, -0.25) is 9.59 Å². The monoisotopic (exact) mass is 478 g/mol. The average Bonchev–Trinajstić information content (AvgIpc) is 2.86. The zero-order chi connectivity index (χ0) is 23.9. The van der Waals surface area contributed by atoms with E-state index in [1.807, 2.05) is 36.4 Å². The fourth-order valence-electron chi connectivity index (χ4n) is 4.74. The standard InChI is InChI=1S/C28H34N2O3S/c1-20-8-3-4-9-23(20)19-30-24-10-5-6-11-25(24)34-26(28(30)32)18-21-12-14-22(15-13-21)27(31)29-16-7-17-33-2/h3-4,8-9,12-15,18,24-25H,5-7,10-11,16-17,19H2,1-2H3,(H,29,31)/b26-18+. The van der Waals surface area contributed by atoms with Crippen LogP contribution in [0.4, 0.5) is 0 Å². The van der Waals surface area contributed by atoms with E-state index in [2.05, 4.69) is 35.3 Å². The third-order valence-electron chi connectivity index (χ3n) is 6.70. The quantitative estimate of drug-likeness (QED) is 0.419. The van der Waals surface area contributed by atoms with Crippen LogP contribution in [0.3, 0.4) is 0 Å². The Morgan fingerprint density at radius 2 is 1.91 bits per heavy atom. The van der Waals surface area contributed by atoms with Gasteiger partial charge in [0.1, 0.15) is 0 Å². The molecule has 2 aromatic carbocycles. The summed E-state index contributed by atoms with van der Waals surface area (Å²) in [4.78, 5) is 28.8. The Morgan fingerprint density at radius 1 is 1.15 bits per heavy atom. The largest absolute Gasteiger partial charge is 0.385 e. The Bertz CT molecular complexity index is 1030. The normalized spacial score (nSPS) is 21.4. The van der Waals surface area contributed by atoms with Gasteiger partial charge in [0.15, 0.2) is 0 Å². The number of rotatable bonds is 8. The van der Waals surface area contributed by atoms with Crippen LogP contribution in [0, 0.1) is 6.92 Å². The molecule has 1 heterocycles. The highest BCUT2D eigenvalue weighted by atomic mass is 32.2. The minimum Gasteiger partial charge on any atom is -0.385 e. The SMILES string of the molecule is COCCCNC(=O)c1ccc(/C=C2/SC3CCCCC3N(Cc3ccccc3C)C2=O)cc1. The van der Waals surface area contributed by atoms with Gasteiger partial charge in [-0.25, -0.2) is 0 Å². The minimum absolute atomic E-state index is 0.0899. The summed E-state index contributed by atoms with van der Waals surface area (Å²) < 4.78 is 5.01. The molecule has 2 amide bonds. The van der Waals surface area contributed by atoms with Crippen molar-refractivity contribution in [2.75, 3.05) is 20.3 Å². The van der Waals surface area contributed by atoms with Crippen LogP contribution in [0.2, 0.25) is 0 Å². The molecule has 2 aliphatic rings. The van der Waals surface area contributed by atoms with Gasteiger partial charge in [0.25, 0.3) is 11.8 Å². The van der Waals surface area contributed by atoms with Crippen molar-refractivity contribution in [1.82, 2.24) is 10.2 Å². The van der Waals surface area contributed by atoms with Crippen LogP contribution in [0.5, 0.6) is 0 Å². The zero-order valence-electron chi connectivity index (χ0n) is 20.1. The van der Waals surface area contributed by atoms with Gasteiger partial charge in [-0.2, -0.15) is 0 Å². The van der Waals surface area contributed by atoms with Gasteiger partial charge in [0.05, 0.1) is 4.91 Å². The Hall–Kier alpha value is -2.57. The number of thioether (sulfide) groups is 1. The molecule has 1 aliphatic carbocycles. The van der Waals surface area contributed by atoms with E-state index < -0.39 is 0 Å². The van der Waals surface area contributed by atoms with Gasteiger partial charge in [0.2, 0.25) is 0 Å². The molecule has 0 bridgehead atoms. The van der Waals surface area contributed by atoms with E-state index >= 15 is 0 Å². The summed E-state index contributed by atoms with van der Waals surface area (Å²) in [6.07, 6.45) is 7.41. The van der Waals surface area contributed by atoms with Crippen LogP contribution >= 0.6 is 11.8 Å². The van der Waals surface area contributed by atoms with Crippen molar-refractivity contribution in [1.29, 1.82) is 0 Å². The van der Waals surface area contributed by atoms with E-state index in [1.54, 1.807) is 18.9 Å². The summed E-state index contributed by atoms with van der Waals surface area (Å²) >= 11 is 1.74. The molecule has 1 N–H and O–H groups in total. The first-order valence-electron chi connectivity index (χ1n) is 12.2. The molecular formula is C28H34N2O3S. The third kappa shape index (κ3) is 5.91. The second-order valence-corrected chi connectivity index (χ2v) is 10.4. The number of hydrogen-bond acceptors (Lipinski definition) is 4. The Labute approximate surface area is 206 Å². The van der Waals surface area contributed by atoms with E-state index in [4.69, 9.17) is 4.74 Å². The molecule has 2 unspecified atom stereocenters. The fourth-order valence-corrected chi connectivity index (χ4v) is 6.21. The molecule has 4 rings (SSSR count). The first kappa shape index (κ1) is 24.6. The summed E-state index contributed by atoms with van der Waals surface area (Å²) in [6, 6.07) is 16.1. The van der Waals surface area contributed by atoms with Gasteiger partial charge in [0, 0.05) is 43.7 Å². The zero-order valence-corrected chi connectivity index (χ0v) is 20.9. The summed E-state index contributed by atoms with van der Waals surface area (Å²) in [7, 11) is 1.65. The maximum Gasteiger partial charge on any atom is 0.260 e. The molecule has 0 spiro atoms. The molecule has 2 fully saturated rings. The molecule has 1 saturated carbocycles. The highest BCUT2D eigenvalue weighted by Gasteiger charge is 2.40. The molecule has 6 heteroatoms. The lowest BCUT2D eigenvalue weighted by atomic mass is 9.92. The van der Waals surface area contributed by atoms with Gasteiger partial charge < -0.3 is 15.0 Å². The maximum atomic E-state index is 13.6. The molecule has 0 radical (unpaired) electrons. The Morgan fingerprint density at radius 3 is 2.68 bits per heavy atom. The molecule has 5 nitrogen and oxygen atoms in total. The van der Waals surface area contributed by atoms with Crippen LogP contribution in [-0.2, 0) is 16.1 Å². The van der Waals surface area contributed by atoms with Crippen molar-refractivity contribution in [3.8, 4) is 0 Å². The van der Waals surface area contributed by atoms with Crippen LogP contribution in [-0.4, -0.2) is 48.3 Å². The van der Waals surface area contributed by atoms with Crippen molar-refractivity contribution in [3.05, 3.63) is 75.7 Å². The second kappa shape index (κ2) is 11.7. The summed E-state index contributed by atoms with van der Waals surface area (Å²) in [5, 5.41) is 3.35. The fraction of sp³-hybridized carbons (Fsp3) is 0.429. The number of methoxy groups -OCH3 is 1. The van der Waals surface area contributed by atoms with Crippen LogP contribution in [0.25, 0.3) is 6.08 Å². The lowest BCUT2D eigenvalue weighted by Gasteiger charge is -2.44. The Kier molecular flexibility index (Phi) is 8.46. The van der Waals surface area contributed by atoms with E-state index in [-0.39, 0.29) is 11.8 Å². The number of hydrogen-bond donors (Lipinski definition) is 1. The van der Waals surface area contributed by atoms with E-state index in [0.717, 1.165) is 29.7 Å². The molecule has 34 heavy (non-hydrogen) atoms. The molecular weight excluding hydrogens is 444 g/mol. The van der Waals surface area contributed by atoms with E-state index in [9.17, 15) is 9.59 Å². The number of carbonyl (C=O) groups excluding carboxylic acids is 2. The number of fused-ring (bicyclic) bond motifs is 1. The number of ether oxygens (including phenoxy) is 1. The number of carbonyl (C=O) groups is 2. The smallest absolute Gasteiger partial charge is 0.260 e. The van der Waals surface area contributed by atoms with Crippen molar-refractivity contribution >= 4 is 29.7 Å². The van der Waals surface area contributed by atoms with Crippen LogP contribution in [0.15, 0.2) is 53.4 Å². The number of aryl methyl sites for hydroxylation is 1. The van der Waals surface area contributed by atoms with Gasteiger partial charge in [-0.1, -0.05) is 49.2 Å². The predicted molar refractivity (Wildman–Crippen MR) is 139 cm³/mol. The summed E-state index contributed by atoms with van der Waals surface area (Å²) in [5.74, 6) is 0.0317. The molecule has 1 aliphatic heterocycles. The van der Waals surface area contributed by atoms with Crippen LogP contribution < -0.4 is 5.32 Å². The maximum absolute atomic E-state index is 13.6. The van der Waals surface area contributed by atoms with Crippen molar-refractivity contribution in [3.63, 3.8) is 0 Å². The Balaban J connectivity index is 1.50. The molecule has 180 valence electrons. The highest BCUT2D eigenvalue weighted by Crippen LogP contribution is 2.42. The second-order valence-electron chi connectivity index (χ2n) is 9.10. The minimum atomic E-state index is -0.0899. The lowest BCUT2D eigenvalue weighted by Crippen LogP contribution is -2.50. The number of nitrogens with zero attached hydrogens (tertiary/aromatic N) is 1. The van der Waals surface area contributed by atoms with E-state index in [1.165, 1.54) is 24.0 Å². The topological polar surface area (TPSA) is 58.6 Å². The average molecular weight is 479 g/mol. The lowest BCUT2D eigenvalue weighted by molar-refractivity contribution is -0.130. The first-order valence-corrected chi connectivity index (χ1v) is 13.1. The van der Waals surface area contributed by atoms with Crippen LogP contribution in [0.1, 0.15) is 59.2 Å². The van der Waals surface area contributed by atoms with Gasteiger partial charge in [-0.15, -0.1) is 11.8 Å². The highest BCUT2D eigenvalue weighted by molar-refractivity contribution is 8.04. The number of nitrogens with one attached hydrogen (secondary N) is 1. The van der Waals surface area contributed by atoms with Gasteiger partial charge >= 0.3 is 0 Å². The van der Waals surface area contributed by atoms with Crippen molar-refractivity contribution in [2.24, 2.45) is 0 Å². The first-order chi connectivity index (χ1) is 16.6. The number of amides is 2. The molecule has 1 saturated heterocycles. The summed E-state index contributed by atoms with van der Waals surface area (Å²) in [5.41, 5.74) is 4.00.